The highest BCUT2D eigenvalue weighted by atomic mass is 32.2. The number of amides is 2. The molecule has 0 unspecified atom stereocenters. The first-order chi connectivity index (χ1) is 8.99. The summed E-state index contributed by atoms with van der Waals surface area (Å²) in [5.74, 6) is 1.89. The molecule has 112 valence electrons. The highest BCUT2D eigenvalue weighted by Gasteiger charge is 2.28. The second-order valence-electron chi connectivity index (χ2n) is 5.95. The predicted octanol–water partition coefficient (Wildman–Crippen LogP) is 2.27. The summed E-state index contributed by atoms with van der Waals surface area (Å²) in [5.41, 5.74) is 0. The van der Waals surface area contributed by atoms with Gasteiger partial charge >= 0.3 is 6.03 Å². The van der Waals surface area contributed by atoms with Crippen molar-refractivity contribution >= 4 is 16.8 Å². The van der Waals surface area contributed by atoms with Crippen LogP contribution in [0.5, 0.6) is 0 Å². The van der Waals surface area contributed by atoms with Gasteiger partial charge in [0.1, 0.15) is 0 Å². The van der Waals surface area contributed by atoms with Crippen molar-refractivity contribution in [1.29, 1.82) is 0 Å². The number of urea groups is 1. The van der Waals surface area contributed by atoms with Crippen molar-refractivity contribution in [3.8, 4) is 0 Å². The van der Waals surface area contributed by atoms with Crippen molar-refractivity contribution < 1.29 is 9.00 Å². The molecular weight excluding hydrogens is 260 g/mol. The Kier molecular flexibility index (Phi) is 7.42. The van der Waals surface area contributed by atoms with Gasteiger partial charge in [0.25, 0.3) is 0 Å². The van der Waals surface area contributed by atoms with Crippen LogP contribution in [0, 0.1) is 11.8 Å². The quantitative estimate of drug-likeness (QED) is 0.755. The molecule has 0 aromatic carbocycles. The Morgan fingerprint density at radius 1 is 1.37 bits per heavy atom. The predicted molar refractivity (Wildman–Crippen MR) is 80.7 cm³/mol. The Hall–Kier alpha value is -0.580. The molecule has 1 aliphatic rings. The third-order valence-electron chi connectivity index (χ3n) is 3.77. The molecule has 5 heteroatoms. The molecule has 3 atom stereocenters. The summed E-state index contributed by atoms with van der Waals surface area (Å²) in [6.45, 7) is 4.97. The number of nitrogens with one attached hydrogen (secondary N) is 2. The zero-order valence-corrected chi connectivity index (χ0v) is 13.2. The van der Waals surface area contributed by atoms with E-state index in [9.17, 15) is 9.00 Å². The maximum atomic E-state index is 11.7. The first kappa shape index (κ1) is 16.5. The number of carbonyl (C=O) groups excluding carboxylic acids is 1. The van der Waals surface area contributed by atoms with Gasteiger partial charge in [-0.2, -0.15) is 0 Å². The molecule has 0 aliphatic heterocycles. The number of hydrogen-bond donors (Lipinski definition) is 2. The highest BCUT2D eigenvalue weighted by Crippen LogP contribution is 2.30. The molecule has 0 heterocycles. The fourth-order valence-corrected chi connectivity index (χ4v) is 3.04. The first-order valence-electron chi connectivity index (χ1n) is 7.33. The average Bonchev–Trinajstić information content (AvgIpc) is 2.73. The Morgan fingerprint density at radius 3 is 2.74 bits per heavy atom. The lowest BCUT2D eigenvalue weighted by Crippen LogP contribution is -2.44. The van der Waals surface area contributed by atoms with Gasteiger partial charge in [-0.3, -0.25) is 4.21 Å². The van der Waals surface area contributed by atoms with Crippen LogP contribution in [0.4, 0.5) is 4.79 Å². The van der Waals surface area contributed by atoms with Crippen molar-refractivity contribution in [2.45, 2.75) is 52.0 Å². The standard InChI is InChI=1S/C14H28N2O2S/c1-11(2)7-8-12-5-4-6-13(12)16-14(17)15-9-10-19(3)18/h11-13H,4-10H2,1-3H3,(H2,15,16,17)/t12-,13+,19-/m0/s1. The maximum absolute atomic E-state index is 11.7. The summed E-state index contributed by atoms with van der Waals surface area (Å²) in [5, 5.41) is 5.86. The Balaban J connectivity index is 2.25. The molecular formula is C14H28N2O2S. The minimum absolute atomic E-state index is 0.105. The van der Waals surface area contributed by atoms with Crippen molar-refractivity contribution in [1.82, 2.24) is 10.6 Å². The van der Waals surface area contributed by atoms with E-state index in [1.54, 1.807) is 6.26 Å². The van der Waals surface area contributed by atoms with Gasteiger partial charge in [0.05, 0.1) is 0 Å². The number of carbonyl (C=O) groups is 1. The normalized spacial score (nSPS) is 24.4. The van der Waals surface area contributed by atoms with Crippen LogP contribution < -0.4 is 10.6 Å². The molecule has 0 radical (unpaired) electrons. The average molecular weight is 288 g/mol. The molecule has 0 spiro atoms. The largest absolute Gasteiger partial charge is 0.337 e. The van der Waals surface area contributed by atoms with Gasteiger partial charge in [-0.1, -0.05) is 26.7 Å². The maximum Gasteiger partial charge on any atom is 0.315 e. The monoisotopic (exact) mass is 288 g/mol. The van der Waals surface area contributed by atoms with Gasteiger partial charge in [-0.05, 0) is 31.1 Å². The summed E-state index contributed by atoms with van der Waals surface area (Å²) < 4.78 is 10.9. The third-order valence-corrected chi connectivity index (χ3v) is 4.54. The second-order valence-corrected chi connectivity index (χ2v) is 7.50. The zero-order valence-electron chi connectivity index (χ0n) is 12.4. The molecule has 19 heavy (non-hydrogen) atoms. The van der Waals surface area contributed by atoms with Gasteiger partial charge in [0.15, 0.2) is 0 Å². The van der Waals surface area contributed by atoms with Crippen LogP contribution in [-0.2, 0) is 10.8 Å². The van der Waals surface area contributed by atoms with Crippen LogP contribution in [0.2, 0.25) is 0 Å². The summed E-state index contributed by atoms with van der Waals surface area (Å²) >= 11 is 0. The molecule has 0 saturated heterocycles. The van der Waals surface area contributed by atoms with E-state index in [1.807, 2.05) is 0 Å². The molecule has 2 N–H and O–H groups in total. The topological polar surface area (TPSA) is 58.2 Å². The van der Waals surface area contributed by atoms with Gasteiger partial charge < -0.3 is 10.6 Å². The van der Waals surface area contributed by atoms with E-state index in [0.717, 1.165) is 12.3 Å². The number of hydrogen-bond acceptors (Lipinski definition) is 2. The lowest BCUT2D eigenvalue weighted by atomic mass is 9.94. The van der Waals surface area contributed by atoms with Crippen molar-refractivity contribution in [3.63, 3.8) is 0 Å². The first-order valence-corrected chi connectivity index (χ1v) is 9.06. The van der Waals surface area contributed by atoms with E-state index < -0.39 is 10.8 Å². The highest BCUT2D eigenvalue weighted by molar-refractivity contribution is 7.84. The van der Waals surface area contributed by atoms with Gasteiger partial charge in [-0.15, -0.1) is 0 Å². The van der Waals surface area contributed by atoms with Crippen LogP contribution in [0.25, 0.3) is 0 Å². The van der Waals surface area contributed by atoms with Crippen LogP contribution in [0.15, 0.2) is 0 Å². The van der Waals surface area contributed by atoms with Crippen molar-refractivity contribution in [2.24, 2.45) is 11.8 Å². The Bertz CT molecular complexity index is 308. The summed E-state index contributed by atoms with van der Waals surface area (Å²) in [6, 6.07) is 0.220. The van der Waals surface area contributed by atoms with E-state index in [-0.39, 0.29) is 6.03 Å². The van der Waals surface area contributed by atoms with Crippen molar-refractivity contribution in [2.75, 3.05) is 18.6 Å². The third kappa shape index (κ3) is 6.95. The van der Waals surface area contributed by atoms with Gasteiger partial charge in [0, 0.05) is 35.4 Å². The summed E-state index contributed by atoms with van der Waals surface area (Å²) in [4.78, 5) is 11.7. The Labute approximate surface area is 119 Å². The van der Waals surface area contributed by atoms with Crippen LogP contribution in [-0.4, -0.2) is 34.8 Å². The van der Waals surface area contributed by atoms with Crippen molar-refractivity contribution in [3.05, 3.63) is 0 Å². The minimum Gasteiger partial charge on any atom is -0.337 e. The van der Waals surface area contributed by atoms with Crippen LogP contribution in [0.1, 0.15) is 46.0 Å². The molecule has 1 rings (SSSR count). The van der Waals surface area contributed by atoms with E-state index in [0.29, 0.717) is 24.3 Å². The lowest BCUT2D eigenvalue weighted by Gasteiger charge is -2.22. The molecule has 4 nitrogen and oxygen atoms in total. The smallest absolute Gasteiger partial charge is 0.315 e. The Morgan fingerprint density at radius 2 is 2.11 bits per heavy atom. The van der Waals surface area contributed by atoms with Crippen LogP contribution >= 0.6 is 0 Å². The van der Waals surface area contributed by atoms with E-state index in [2.05, 4.69) is 24.5 Å². The van der Waals surface area contributed by atoms with E-state index >= 15 is 0 Å². The minimum atomic E-state index is -0.844. The SMILES string of the molecule is CC(C)CC[C@@H]1CCC[C@H]1NC(=O)NCC[S@](C)=O. The zero-order chi connectivity index (χ0) is 14.3. The van der Waals surface area contributed by atoms with Crippen LogP contribution in [0.3, 0.4) is 0 Å². The molecule has 1 aliphatic carbocycles. The summed E-state index contributed by atoms with van der Waals surface area (Å²) in [6.07, 6.45) is 7.64. The second kappa shape index (κ2) is 8.56. The molecule has 2 amide bonds. The number of rotatable bonds is 7. The molecule has 1 fully saturated rings. The van der Waals surface area contributed by atoms with Gasteiger partial charge in [-0.25, -0.2) is 4.79 Å². The lowest BCUT2D eigenvalue weighted by molar-refractivity contribution is 0.232. The molecule has 0 aromatic heterocycles. The van der Waals surface area contributed by atoms with E-state index in [4.69, 9.17) is 0 Å². The fourth-order valence-electron chi connectivity index (χ4n) is 2.65. The molecule has 0 aromatic rings. The summed E-state index contributed by atoms with van der Waals surface area (Å²) in [7, 11) is -0.844. The molecule has 1 saturated carbocycles. The van der Waals surface area contributed by atoms with Gasteiger partial charge in [0.2, 0.25) is 0 Å². The van der Waals surface area contributed by atoms with E-state index in [1.165, 1.54) is 25.7 Å². The molecule has 0 bridgehead atoms. The fraction of sp³-hybridized carbons (Fsp3) is 0.929.